The summed E-state index contributed by atoms with van der Waals surface area (Å²) in [7, 11) is 0. The molecule has 0 aliphatic carbocycles. The Kier molecular flexibility index (Phi) is 2.91. The summed E-state index contributed by atoms with van der Waals surface area (Å²) >= 11 is 1.53. The Bertz CT molecular complexity index is 434. The van der Waals surface area contributed by atoms with Crippen molar-refractivity contribution in [1.29, 1.82) is 0 Å². The molecule has 6 nitrogen and oxygen atoms in total. The molecule has 0 bridgehead atoms. The van der Waals surface area contributed by atoms with Gasteiger partial charge < -0.3 is 9.88 Å². The lowest BCUT2D eigenvalue weighted by atomic mass is 10.5. The number of hydrogen-bond acceptors (Lipinski definition) is 6. The molecule has 2 heterocycles. The molecule has 2 aromatic heterocycles. The van der Waals surface area contributed by atoms with E-state index in [4.69, 9.17) is 0 Å². The lowest BCUT2D eigenvalue weighted by Crippen LogP contribution is -2.07. The summed E-state index contributed by atoms with van der Waals surface area (Å²) in [4.78, 5) is 0. The molecule has 1 N–H and O–H groups in total. The highest BCUT2D eigenvalue weighted by Gasteiger charge is 2.04. The van der Waals surface area contributed by atoms with Crippen LogP contribution in [0, 0.1) is 6.92 Å². The molecule has 0 fully saturated rings. The Morgan fingerprint density at radius 2 is 2.27 bits per heavy atom. The number of anilines is 1. The summed E-state index contributed by atoms with van der Waals surface area (Å²) in [5.74, 6) is 0.908. The van der Waals surface area contributed by atoms with Crippen molar-refractivity contribution in [1.82, 2.24) is 25.0 Å². The van der Waals surface area contributed by atoms with Gasteiger partial charge in [-0.3, -0.25) is 0 Å². The van der Waals surface area contributed by atoms with Crippen molar-refractivity contribution in [3.8, 4) is 0 Å². The van der Waals surface area contributed by atoms with Crippen LogP contribution in [0.1, 0.15) is 17.8 Å². The number of rotatable bonds is 4. The molecule has 0 aromatic carbocycles. The first-order valence-electron chi connectivity index (χ1n) is 4.70. The Hall–Kier alpha value is -1.50. The predicted molar refractivity (Wildman–Crippen MR) is 57.7 cm³/mol. The molecule has 0 saturated carbocycles. The second-order valence-corrected chi connectivity index (χ2v) is 4.19. The first kappa shape index (κ1) is 10.0. The van der Waals surface area contributed by atoms with E-state index in [9.17, 15) is 0 Å². The van der Waals surface area contributed by atoms with Gasteiger partial charge in [-0.05, 0) is 13.8 Å². The quantitative estimate of drug-likeness (QED) is 0.841. The van der Waals surface area contributed by atoms with E-state index in [2.05, 4.69) is 32.6 Å². The zero-order chi connectivity index (χ0) is 10.7. The molecular weight excluding hydrogens is 212 g/mol. The molecule has 7 heteroatoms. The minimum Gasteiger partial charge on any atom is -0.353 e. The molecule has 0 aliphatic rings. The molecule has 15 heavy (non-hydrogen) atoms. The fraction of sp³-hybridized carbons (Fsp3) is 0.500. The molecule has 0 spiro atoms. The predicted octanol–water partition coefficient (Wildman–Crippen LogP) is 1.07. The van der Waals surface area contributed by atoms with Crippen LogP contribution in [0.15, 0.2) is 6.33 Å². The van der Waals surface area contributed by atoms with Gasteiger partial charge in [-0.1, -0.05) is 11.3 Å². The molecule has 80 valence electrons. The monoisotopic (exact) mass is 224 g/mol. The Balaban J connectivity index is 1.98. The largest absolute Gasteiger partial charge is 0.353 e. The van der Waals surface area contributed by atoms with E-state index >= 15 is 0 Å². The van der Waals surface area contributed by atoms with Crippen LogP contribution in [0.4, 0.5) is 5.13 Å². The first-order chi connectivity index (χ1) is 7.29. The van der Waals surface area contributed by atoms with Gasteiger partial charge in [0.1, 0.15) is 11.3 Å². The van der Waals surface area contributed by atoms with E-state index in [1.807, 2.05) is 11.5 Å². The van der Waals surface area contributed by atoms with Gasteiger partial charge in [0.05, 0.1) is 6.54 Å². The number of aromatic nitrogens is 5. The normalized spacial score (nSPS) is 10.5. The second kappa shape index (κ2) is 4.35. The number of aryl methyl sites for hydroxylation is 2. The lowest BCUT2D eigenvalue weighted by Gasteiger charge is -2.02. The molecule has 0 amide bonds. The topological polar surface area (TPSA) is 68.5 Å². The molecule has 0 saturated heterocycles. The van der Waals surface area contributed by atoms with Gasteiger partial charge >= 0.3 is 0 Å². The van der Waals surface area contributed by atoms with Crippen LogP contribution in [0.2, 0.25) is 0 Å². The third-order valence-corrected chi connectivity index (χ3v) is 2.76. The van der Waals surface area contributed by atoms with Crippen LogP contribution in [-0.2, 0) is 13.1 Å². The van der Waals surface area contributed by atoms with E-state index in [-0.39, 0.29) is 0 Å². The Labute approximate surface area is 91.4 Å². The van der Waals surface area contributed by atoms with Crippen LogP contribution in [-0.4, -0.2) is 25.0 Å². The van der Waals surface area contributed by atoms with Gasteiger partial charge in [-0.25, -0.2) is 0 Å². The van der Waals surface area contributed by atoms with Crippen molar-refractivity contribution in [3.05, 3.63) is 17.2 Å². The van der Waals surface area contributed by atoms with E-state index in [1.54, 1.807) is 6.33 Å². The summed E-state index contributed by atoms with van der Waals surface area (Å²) in [6.45, 7) is 5.49. The van der Waals surface area contributed by atoms with Crippen molar-refractivity contribution >= 4 is 16.5 Å². The minimum absolute atomic E-state index is 0.627. The zero-order valence-corrected chi connectivity index (χ0v) is 9.45. The van der Waals surface area contributed by atoms with E-state index in [0.717, 1.165) is 22.5 Å². The molecule has 0 atom stereocenters. The van der Waals surface area contributed by atoms with E-state index in [0.29, 0.717) is 6.54 Å². The van der Waals surface area contributed by atoms with Gasteiger partial charge in [-0.2, -0.15) is 0 Å². The highest BCUT2D eigenvalue weighted by molar-refractivity contribution is 7.15. The van der Waals surface area contributed by atoms with Crippen molar-refractivity contribution in [2.45, 2.75) is 26.9 Å². The average molecular weight is 224 g/mol. The van der Waals surface area contributed by atoms with Crippen molar-refractivity contribution in [2.75, 3.05) is 5.32 Å². The summed E-state index contributed by atoms with van der Waals surface area (Å²) in [5, 5.41) is 20.7. The van der Waals surface area contributed by atoms with Crippen LogP contribution < -0.4 is 5.32 Å². The van der Waals surface area contributed by atoms with Crippen molar-refractivity contribution in [3.63, 3.8) is 0 Å². The van der Waals surface area contributed by atoms with Gasteiger partial charge in [0.2, 0.25) is 5.13 Å². The Morgan fingerprint density at radius 1 is 1.40 bits per heavy atom. The second-order valence-electron chi connectivity index (χ2n) is 3.01. The number of nitrogens with one attached hydrogen (secondary N) is 1. The van der Waals surface area contributed by atoms with E-state index in [1.165, 1.54) is 11.3 Å². The Morgan fingerprint density at radius 3 is 2.93 bits per heavy atom. The van der Waals surface area contributed by atoms with Crippen LogP contribution >= 0.6 is 11.3 Å². The summed E-state index contributed by atoms with van der Waals surface area (Å²) in [6, 6.07) is 0. The molecule has 2 rings (SSSR count). The molecular formula is C8H12N6S. The van der Waals surface area contributed by atoms with E-state index < -0.39 is 0 Å². The zero-order valence-electron chi connectivity index (χ0n) is 8.64. The summed E-state index contributed by atoms with van der Waals surface area (Å²) in [6.07, 6.45) is 1.72. The number of nitrogens with zero attached hydrogens (tertiary/aromatic N) is 5. The average Bonchev–Trinajstić information content (AvgIpc) is 2.83. The number of hydrogen-bond donors (Lipinski definition) is 1. The standard InChI is InChI=1S/C8H12N6S/c1-3-14-5-10-12-7(14)4-9-8-13-11-6(2)15-8/h5H,3-4H2,1-2H3,(H,9,13). The SMILES string of the molecule is CCn1cnnc1CNc1nnc(C)s1. The lowest BCUT2D eigenvalue weighted by molar-refractivity contribution is 0.707. The maximum absolute atomic E-state index is 4.02. The molecule has 0 unspecified atom stereocenters. The maximum Gasteiger partial charge on any atom is 0.206 e. The minimum atomic E-state index is 0.627. The smallest absolute Gasteiger partial charge is 0.206 e. The third kappa shape index (κ3) is 2.30. The molecule has 2 aromatic rings. The highest BCUT2D eigenvalue weighted by atomic mass is 32.1. The van der Waals surface area contributed by atoms with Crippen LogP contribution in [0.5, 0.6) is 0 Å². The van der Waals surface area contributed by atoms with Crippen molar-refractivity contribution < 1.29 is 0 Å². The van der Waals surface area contributed by atoms with Crippen LogP contribution in [0.3, 0.4) is 0 Å². The van der Waals surface area contributed by atoms with Crippen molar-refractivity contribution in [2.24, 2.45) is 0 Å². The van der Waals surface area contributed by atoms with Crippen LogP contribution in [0.25, 0.3) is 0 Å². The van der Waals surface area contributed by atoms with Gasteiger partial charge in [0.25, 0.3) is 0 Å². The fourth-order valence-corrected chi connectivity index (χ4v) is 1.79. The molecule has 0 aliphatic heterocycles. The molecule has 0 radical (unpaired) electrons. The van der Waals surface area contributed by atoms with Gasteiger partial charge in [0.15, 0.2) is 5.82 Å². The third-order valence-electron chi connectivity index (χ3n) is 1.96. The first-order valence-corrected chi connectivity index (χ1v) is 5.52. The summed E-state index contributed by atoms with van der Waals surface area (Å²) in [5.41, 5.74) is 0. The van der Waals surface area contributed by atoms with Gasteiger partial charge in [-0.15, -0.1) is 20.4 Å². The maximum atomic E-state index is 4.02. The summed E-state index contributed by atoms with van der Waals surface area (Å²) < 4.78 is 1.99. The fourth-order valence-electron chi connectivity index (χ4n) is 1.20. The van der Waals surface area contributed by atoms with Gasteiger partial charge in [0, 0.05) is 6.54 Å². The highest BCUT2D eigenvalue weighted by Crippen LogP contribution is 2.14.